The standard InChI is InChI=1S/C10H19N3/c1-3-5-6-10-12-7-9(13-10)8(11)4-2/h7-8H,3-6,11H2,1-2H3,(H,12,13). The predicted octanol–water partition coefficient (Wildman–Crippen LogP) is 2.16. The lowest BCUT2D eigenvalue weighted by Crippen LogP contribution is -2.08. The monoisotopic (exact) mass is 181 g/mol. The Bertz CT molecular complexity index is 242. The molecule has 0 bridgehead atoms. The molecule has 1 atom stereocenters. The zero-order valence-electron chi connectivity index (χ0n) is 8.51. The Kier molecular flexibility index (Phi) is 3.96. The van der Waals surface area contributed by atoms with Gasteiger partial charge in [-0.1, -0.05) is 20.3 Å². The first-order chi connectivity index (χ1) is 6.27. The molecule has 0 aromatic carbocycles. The van der Waals surface area contributed by atoms with Gasteiger partial charge in [-0.15, -0.1) is 0 Å². The molecule has 0 aliphatic rings. The first kappa shape index (κ1) is 10.3. The molecule has 3 heteroatoms. The zero-order chi connectivity index (χ0) is 9.68. The van der Waals surface area contributed by atoms with E-state index in [9.17, 15) is 0 Å². The Balaban J connectivity index is 2.53. The van der Waals surface area contributed by atoms with Crippen molar-refractivity contribution in [3.8, 4) is 0 Å². The quantitative estimate of drug-likeness (QED) is 0.731. The number of nitrogens with zero attached hydrogens (tertiary/aromatic N) is 1. The van der Waals surface area contributed by atoms with Crippen molar-refractivity contribution in [2.24, 2.45) is 5.73 Å². The molecule has 0 amide bonds. The highest BCUT2D eigenvalue weighted by Gasteiger charge is 2.06. The Morgan fingerprint density at radius 3 is 2.92 bits per heavy atom. The van der Waals surface area contributed by atoms with Gasteiger partial charge in [-0.3, -0.25) is 0 Å². The topological polar surface area (TPSA) is 54.7 Å². The van der Waals surface area contributed by atoms with Crippen LogP contribution in [0, 0.1) is 0 Å². The van der Waals surface area contributed by atoms with Gasteiger partial charge in [0.1, 0.15) is 5.82 Å². The molecule has 0 spiro atoms. The van der Waals surface area contributed by atoms with Crippen molar-refractivity contribution in [3.63, 3.8) is 0 Å². The van der Waals surface area contributed by atoms with E-state index in [1.165, 1.54) is 12.8 Å². The second-order valence-electron chi connectivity index (χ2n) is 3.40. The number of nitrogens with two attached hydrogens (primary N) is 1. The fourth-order valence-corrected chi connectivity index (χ4v) is 1.26. The molecule has 3 N–H and O–H groups in total. The zero-order valence-corrected chi connectivity index (χ0v) is 8.51. The summed E-state index contributed by atoms with van der Waals surface area (Å²) in [6.45, 7) is 4.26. The van der Waals surface area contributed by atoms with E-state index in [0.29, 0.717) is 0 Å². The lowest BCUT2D eigenvalue weighted by molar-refractivity contribution is 0.674. The molecule has 3 nitrogen and oxygen atoms in total. The van der Waals surface area contributed by atoms with Crippen LogP contribution in [0.2, 0.25) is 0 Å². The van der Waals surface area contributed by atoms with Crippen molar-refractivity contribution in [2.45, 2.75) is 45.6 Å². The third kappa shape index (κ3) is 2.84. The molecule has 0 radical (unpaired) electrons. The van der Waals surface area contributed by atoms with Crippen molar-refractivity contribution in [1.82, 2.24) is 9.97 Å². The van der Waals surface area contributed by atoms with Crippen LogP contribution in [0.3, 0.4) is 0 Å². The molecule has 0 saturated heterocycles. The fraction of sp³-hybridized carbons (Fsp3) is 0.700. The number of aromatic amines is 1. The normalized spacial score (nSPS) is 13.2. The Hall–Kier alpha value is -0.830. The number of hydrogen-bond donors (Lipinski definition) is 2. The van der Waals surface area contributed by atoms with Crippen LogP contribution < -0.4 is 5.73 Å². The summed E-state index contributed by atoms with van der Waals surface area (Å²) in [6.07, 6.45) is 6.24. The molecule has 1 unspecified atom stereocenters. The molecule has 74 valence electrons. The van der Waals surface area contributed by atoms with Gasteiger partial charge in [0, 0.05) is 18.7 Å². The highest BCUT2D eigenvalue weighted by atomic mass is 14.9. The summed E-state index contributed by atoms with van der Waals surface area (Å²) in [5, 5.41) is 0. The van der Waals surface area contributed by atoms with Crippen LogP contribution in [0.15, 0.2) is 6.20 Å². The third-order valence-electron chi connectivity index (χ3n) is 2.25. The summed E-state index contributed by atoms with van der Waals surface area (Å²) in [4.78, 5) is 7.55. The molecule has 1 heterocycles. The highest BCUT2D eigenvalue weighted by Crippen LogP contribution is 2.11. The molecule has 0 saturated carbocycles. The van der Waals surface area contributed by atoms with E-state index in [4.69, 9.17) is 5.73 Å². The number of aromatic nitrogens is 2. The van der Waals surface area contributed by atoms with Crippen LogP contribution in [-0.2, 0) is 6.42 Å². The molecule has 0 aliphatic carbocycles. The number of imidazole rings is 1. The molecule has 13 heavy (non-hydrogen) atoms. The summed E-state index contributed by atoms with van der Waals surface area (Å²) in [5.74, 6) is 1.07. The smallest absolute Gasteiger partial charge is 0.106 e. The van der Waals surface area contributed by atoms with E-state index < -0.39 is 0 Å². The number of aryl methyl sites for hydroxylation is 1. The first-order valence-corrected chi connectivity index (χ1v) is 5.07. The SMILES string of the molecule is CCCCc1ncc(C(N)CC)[nH]1. The molecule has 1 rings (SSSR count). The summed E-state index contributed by atoms with van der Waals surface area (Å²) < 4.78 is 0. The molecule has 0 fully saturated rings. The van der Waals surface area contributed by atoms with Crippen LogP contribution >= 0.6 is 0 Å². The highest BCUT2D eigenvalue weighted by molar-refractivity contribution is 5.05. The molecule has 1 aromatic rings. The van der Waals surface area contributed by atoms with Crippen molar-refractivity contribution in [2.75, 3.05) is 0 Å². The maximum atomic E-state index is 5.87. The Labute approximate surface area is 79.8 Å². The minimum Gasteiger partial charge on any atom is -0.345 e. The van der Waals surface area contributed by atoms with E-state index in [2.05, 4.69) is 23.8 Å². The van der Waals surface area contributed by atoms with Gasteiger partial charge in [-0.05, 0) is 12.8 Å². The maximum absolute atomic E-state index is 5.87. The number of unbranched alkanes of at least 4 members (excludes halogenated alkanes) is 1. The van der Waals surface area contributed by atoms with Crippen molar-refractivity contribution >= 4 is 0 Å². The van der Waals surface area contributed by atoms with Crippen LogP contribution in [0.1, 0.15) is 50.7 Å². The number of nitrogens with one attached hydrogen (secondary N) is 1. The van der Waals surface area contributed by atoms with Crippen molar-refractivity contribution in [1.29, 1.82) is 0 Å². The Morgan fingerprint density at radius 1 is 1.54 bits per heavy atom. The lowest BCUT2D eigenvalue weighted by Gasteiger charge is -2.03. The van der Waals surface area contributed by atoms with E-state index in [1.54, 1.807) is 0 Å². The molecular weight excluding hydrogens is 162 g/mol. The number of rotatable bonds is 5. The summed E-state index contributed by atoms with van der Waals surface area (Å²) in [7, 11) is 0. The van der Waals surface area contributed by atoms with E-state index in [-0.39, 0.29) is 6.04 Å². The summed E-state index contributed by atoms with van der Waals surface area (Å²) >= 11 is 0. The first-order valence-electron chi connectivity index (χ1n) is 5.07. The van der Waals surface area contributed by atoms with Crippen LogP contribution in [0.5, 0.6) is 0 Å². The third-order valence-corrected chi connectivity index (χ3v) is 2.25. The second-order valence-corrected chi connectivity index (χ2v) is 3.40. The van der Waals surface area contributed by atoms with E-state index in [0.717, 1.165) is 24.4 Å². The van der Waals surface area contributed by atoms with Crippen molar-refractivity contribution < 1.29 is 0 Å². The van der Waals surface area contributed by atoms with E-state index in [1.807, 2.05) is 6.20 Å². The molecule has 0 aliphatic heterocycles. The summed E-state index contributed by atoms with van der Waals surface area (Å²) in [5.41, 5.74) is 6.93. The molecule has 1 aromatic heterocycles. The van der Waals surface area contributed by atoms with Crippen LogP contribution in [0.25, 0.3) is 0 Å². The largest absolute Gasteiger partial charge is 0.345 e. The minimum absolute atomic E-state index is 0.114. The van der Waals surface area contributed by atoms with Gasteiger partial charge in [0.05, 0.1) is 5.69 Å². The average molecular weight is 181 g/mol. The average Bonchev–Trinajstić information content (AvgIpc) is 2.62. The predicted molar refractivity (Wildman–Crippen MR) is 54.4 cm³/mol. The molecular formula is C10H19N3. The van der Waals surface area contributed by atoms with Crippen LogP contribution in [0.4, 0.5) is 0 Å². The second kappa shape index (κ2) is 5.02. The maximum Gasteiger partial charge on any atom is 0.106 e. The van der Waals surface area contributed by atoms with Gasteiger partial charge >= 0.3 is 0 Å². The number of H-pyrrole nitrogens is 1. The van der Waals surface area contributed by atoms with Gasteiger partial charge < -0.3 is 10.7 Å². The van der Waals surface area contributed by atoms with Gasteiger partial charge in [0.25, 0.3) is 0 Å². The number of hydrogen-bond acceptors (Lipinski definition) is 2. The fourth-order valence-electron chi connectivity index (χ4n) is 1.26. The Morgan fingerprint density at radius 2 is 2.31 bits per heavy atom. The van der Waals surface area contributed by atoms with Crippen LogP contribution in [-0.4, -0.2) is 9.97 Å². The van der Waals surface area contributed by atoms with Gasteiger partial charge in [-0.25, -0.2) is 4.98 Å². The van der Waals surface area contributed by atoms with Gasteiger partial charge in [-0.2, -0.15) is 0 Å². The van der Waals surface area contributed by atoms with Crippen molar-refractivity contribution in [3.05, 3.63) is 17.7 Å². The van der Waals surface area contributed by atoms with E-state index >= 15 is 0 Å². The van der Waals surface area contributed by atoms with Gasteiger partial charge in [0.2, 0.25) is 0 Å². The minimum atomic E-state index is 0.114. The summed E-state index contributed by atoms with van der Waals surface area (Å²) in [6, 6.07) is 0.114. The lowest BCUT2D eigenvalue weighted by atomic mass is 10.2. The van der Waals surface area contributed by atoms with Gasteiger partial charge in [0.15, 0.2) is 0 Å².